The SMILES string of the molecule is COCCNCc1ccc(SC2CCOCC2)c(F)c1. The summed E-state index contributed by atoms with van der Waals surface area (Å²) in [4.78, 5) is 0.748. The molecule has 0 radical (unpaired) electrons. The molecule has 0 atom stereocenters. The molecule has 1 N–H and O–H groups in total. The minimum absolute atomic E-state index is 0.118. The predicted octanol–water partition coefficient (Wildman–Crippen LogP) is 2.83. The summed E-state index contributed by atoms with van der Waals surface area (Å²) in [5.74, 6) is -0.118. The molecule has 1 aliphatic rings. The second-order valence-electron chi connectivity index (χ2n) is 4.86. The van der Waals surface area contributed by atoms with Crippen LogP contribution < -0.4 is 5.32 Å². The fourth-order valence-electron chi connectivity index (χ4n) is 2.13. The maximum Gasteiger partial charge on any atom is 0.137 e. The van der Waals surface area contributed by atoms with E-state index in [0.29, 0.717) is 18.4 Å². The number of halogens is 1. The summed E-state index contributed by atoms with van der Waals surface area (Å²) in [5.41, 5.74) is 0.968. The van der Waals surface area contributed by atoms with Crippen molar-refractivity contribution in [1.29, 1.82) is 0 Å². The maximum absolute atomic E-state index is 14.1. The number of hydrogen-bond donors (Lipinski definition) is 1. The van der Waals surface area contributed by atoms with Gasteiger partial charge >= 0.3 is 0 Å². The summed E-state index contributed by atoms with van der Waals surface area (Å²) in [7, 11) is 1.67. The van der Waals surface area contributed by atoms with Gasteiger partial charge in [-0.1, -0.05) is 6.07 Å². The van der Waals surface area contributed by atoms with Gasteiger partial charge in [0, 0.05) is 43.6 Å². The molecule has 0 aromatic heterocycles. The van der Waals surface area contributed by atoms with Crippen molar-refractivity contribution in [2.24, 2.45) is 0 Å². The highest BCUT2D eigenvalue weighted by Crippen LogP contribution is 2.31. The van der Waals surface area contributed by atoms with E-state index in [4.69, 9.17) is 9.47 Å². The Morgan fingerprint density at radius 3 is 2.90 bits per heavy atom. The van der Waals surface area contributed by atoms with Crippen LogP contribution in [0.1, 0.15) is 18.4 Å². The molecular weight excluding hydrogens is 277 g/mol. The molecule has 0 unspecified atom stereocenters. The van der Waals surface area contributed by atoms with Crippen LogP contribution in [-0.4, -0.2) is 38.7 Å². The quantitative estimate of drug-likeness (QED) is 0.784. The Hall–Kier alpha value is -0.620. The van der Waals surface area contributed by atoms with Gasteiger partial charge in [0.05, 0.1) is 6.61 Å². The number of thioether (sulfide) groups is 1. The van der Waals surface area contributed by atoms with Crippen LogP contribution >= 0.6 is 11.8 Å². The van der Waals surface area contributed by atoms with E-state index in [0.717, 1.165) is 43.1 Å². The third kappa shape index (κ3) is 5.05. The standard InChI is InChI=1S/C15H22FNO2S/c1-18-9-6-17-11-12-2-3-15(14(16)10-12)20-13-4-7-19-8-5-13/h2-3,10,13,17H,4-9,11H2,1H3. The van der Waals surface area contributed by atoms with Crippen molar-refractivity contribution in [3.05, 3.63) is 29.6 Å². The normalized spacial score (nSPS) is 16.5. The molecule has 2 rings (SSSR count). The number of ether oxygens (including phenoxy) is 2. The van der Waals surface area contributed by atoms with Gasteiger partial charge < -0.3 is 14.8 Å². The second-order valence-corrected chi connectivity index (χ2v) is 6.21. The van der Waals surface area contributed by atoms with Crippen LogP contribution in [0, 0.1) is 5.82 Å². The molecule has 1 heterocycles. The molecule has 1 aliphatic heterocycles. The first-order valence-electron chi connectivity index (χ1n) is 7.02. The van der Waals surface area contributed by atoms with Gasteiger partial charge in [0.1, 0.15) is 5.82 Å². The van der Waals surface area contributed by atoms with Crippen LogP contribution in [0.3, 0.4) is 0 Å². The summed E-state index contributed by atoms with van der Waals surface area (Å²) in [6.45, 7) is 3.70. The summed E-state index contributed by atoms with van der Waals surface area (Å²) in [6.07, 6.45) is 2.01. The molecule has 3 nitrogen and oxygen atoms in total. The smallest absolute Gasteiger partial charge is 0.137 e. The van der Waals surface area contributed by atoms with Gasteiger partial charge in [0.2, 0.25) is 0 Å². The van der Waals surface area contributed by atoms with Crippen molar-refractivity contribution < 1.29 is 13.9 Å². The van der Waals surface area contributed by atoms with E-state index in [2.05, 4.69) is 5.32 Å². The van der Waals surface area contributed by atoms with Crippen LogP contribution in [0.15, 0.2) is 23.1 Å². The lowest BCUT2D eigenvalue weighted by molar-refractivity contribution is 0.1000. The first-order chi connectivity index (χ1) is 9.79. The van der Waals surface area contributed by atoms with Gasteiger partial charge in [-0.05, 0) is 30.5 Å². The molecule has 0 bridgehead atoms. The Balaban J connectivity index is 1.85. The Morgan fingerprint density at radius 1 is 1.40 bits per heavy atom. The first-order valence-corrected chi connectivity index (χ1v) is 7.90. The van der Waals surface area contributed by atoms with Crippen molar-refractivity contribution in [3.8, 4) is 0 Å². The van der Waals surface area contributed by atoms with Crippen molar-refractivity contribution in [2.45, 2.75) is 29.5 Å². The van der Waals surface area contributed by atoms with Gasteiger partial charge in [-0.15, -0.1) is 11.8 Å². The molecule has 1 fully saturated rings. The van der Waals surface area contributed by atoms with Crippen molar-refractivity contribution in [3.63, 3.8) is 0 Å². The molecule has 1 saturated heterocycles. The minimum Gasteiger partial charge on any atom is -0.383 e. The maximum atomic E-state index is 14.1. The van der Waals surface area contributed by atoms with Gasteiger partial charge in [0.15, 0.2) is 0 Å². The molecule has 1 aromatic rings. The van der Waals surface area contributed by atoms with Crippen molar-refractivity contribution >= 4 is 11.8 Å². The number of nitrogens with one attached hydrogen (secondary N) is 1. The van der Waals surface area contributed by atoms with Gasteiger partial charge in [-0.3, -0.25) is 0 Å². The third-order valence-corrected chi connectivity index (χ3v) is 4.66. The molecule has 1 aromatic carbocycles. The lowest BCUT2D eigenvalue weighted by Crippen LogP contribution is -2.19. The zero-order valence-electron chi connectivity index (χ0n) is 11.9. The highest BCUT2D eigenvalue weighted by Gasteiger charge is 2.16. The van der Waals surface area contributed by atoms with E-state index in [1.165, 1.54) is 0 Å². The molecule has 0 spiro atoms. The Kier molecular flexibility index (Phi) is 6.79. The van der Waals surface area contributed by atoms with Crippen LogP contribution in [-0.2, 0) is 16.0 Å². The lowest BCUT2D eigenvalue weighted by Gasteiger charge is -2.21. The monoisotopic (exact) mass is 299 g/mol. The zero-order valence-corrected chi connectivity index (χ0v) is 12.7. The third-order valence-electron chi connectivity index (χ3n) is 3.27. The number of benzene rings is 1. The number of hydrogen-bond acceptors (Lipinski definition) is 4. The fraction of sp³-hybridized carbons (Fsp3) is 0.600. The van der Waals surface area contributed by atoms with E-state index >= 15 is 0 Å². The van der Waals surface area contributed by atoms with Crippen LogP contribution in [0.4, 0.5) is 4.39 Å². The average molecular weight is 299 g/mol. The van der Waals surface area contributed by atoms with E-state index in [1.807, 2.05) is 12.1 Å². The first kappa shape index (κ1) is 15.8. The van der Waals surface area contributed by atoms with Gasteiger partial charge in [-0.2, -0.15) is 0 Å². The van der Waals surface area contributed by atoms with Gasteiger partial charge in [-0.25, -0.2) is 4.39 Å². The minimum atomic E-state index is -0.118. The number of rotatable bonds is 7. The Morgan fingerprint density at radius 2 is 2.20 bits per heavy atom. The summed E-state index contributed by atoms with van der Waals surface area (Å²) >= 11 is 1.64. The Bertz CT molecular complexity index is 411. The highest BCUT2D eigenvalue weighted by molar-refractivity contribution is 8.00. The molecular formula is C15H22FNO2S. The van der Waals surface area contributed by atoms with E-state index in [1.54, 1.807) is 24.9 Å². The highest BCUT2D eigenvalue weighted by atomic mass is 32.2. The molecule has 20 heavy (non-hydrogen) atoms. The largest absolute Gasteiger partial charge is 0.383 e. The van der Waals surface area contributed by atoms with Gasteiger partial charge in [0.25, 0.3) is 0 Å². The average Bonchev–Trinajstić information content (AvgIpc) is 2.47. The predicted molar refractivity (Wildman–Crippen MR) is 79.7 cm³/mol. The van der Waals surface area contributed by atoms with Crippen LogP contribution in [0.5, 0.6) is 0 Å². The summed E-state index contributed by atoms with van der Waals surface area (Å²) in [5, 5.41) is 3.69. The van der Waals surface area contributed by atoms with E-state index in [9.17, 15) is 4.39 Å². The molecule has 0 amide bonds. The van der Waals surface area contributed by atoms with E-state index in [-0.39, 0.29) is 5.82 Å². The van der Waals surface area contributed by atoms with E-state index < -0.39 is 0 Å². The number of methoxy groups -OCH3 is 1. The molecule has 112 valence electrons. The second kappa shape index (κ2) is 8.62. The molecule has 0 saturated carbocycles. The summed E-state index contributed by atoms with van der Waals surface area (Å²) < 4.78 is 24.4. The van der Waals surface area contributed by atoms with Crippen LogP contribution in [0.2, 0.25) is 0 Å². The molecule has 5 heteroatoms. The van der Waals surface area contributed by atoms with Crippen LogP contribution in [0.25, 0.3) is 0 Å². The summed E-state index contributed by atoms with van der Waals surface area (Å²) in [6, 6.07) is 5.51. The van der Waals surface area contributed by atoms with Crippen molar-refractivity contribution in [2.75, 3.05) is 33.5 Å². The lowest BCUT2D eigenvalue weighted by atomic mass is 10.2. The zero-order chi connectivity index (χ0) is 14.2. The van der Waals surface area contributed by atoms with Crippen molar-refractivity contribution in [1.82, 2.24) is 5.32 Å². The Labute approximate surface area is 124 Å². The molecule has 0 aliphatic carbocycles. The topological polar surface area (TPSA) is 30.5 Å². The fourth-order valence-corrected chi connectivity index (χ4v) is 3.24.